The van der Waals surface area contributed by atoms with Gasteiger partial charge in [0, 0.05) is 18.7 Å². The summed E-state index contributed by atoms with van der Waals surface area (Å²) < 4.78 is 0. The van der Waals surface area contributed by atoms with Crippen LogP contribution in [0.5, 0.6) is 5.75 Å². The second-order valence-electron chi connectivity index (χ2n) is 5.37. The fourth-order valence-corrected chi connectivity index (χ4v) is 2.33. The molecule has 108 valence electrons. The average Bonchev–Trinajstić information content (AvgIpc) is 2.48. The Morgan fingerprint density at radius 2 is 1.90 bits per heavy atom. The molecule has 0 saturated carbocycles. The van der Waals surface area contributed by atoms with E-state index >= 15 is 0 Å². The summed E-state index contributed by atoms with van der Waals surface area (Å²) in [6.07, 6.45) is 0.611. The molecule has 0 aliphatic rings. The van der Waals surface area contributed by atoms with Gasteiger partial charge in [-0.05, 0) is 22.8 Å². The molecule has 0 bridgehead atoms. The maximum atomic E-state index is 10.0. The summed E-state index contributed by atoms with van der Waals surface area (Å²) in [6, 6.07) is 11.7. The number of phenols is 1. The Bertz CT molecular complexity index is 568. The number of aliphatic hydroxyl groups excluding tert-OH is 1. The van der Waals surface area contributed by atoms with Crippen LogP contribution in [0.2, 0.25) is 0 Å². The molecule has 0 fully saturated rings. The Morgan fingerprint density at radius 3 is 2.65 bits per heavy atom. The van der Waals surface area contributed by atoms with Crippen LogP contribution < -0.4 is 5.32 Å². The Balaban J connectivity index is 2.08. The lowest BCUT2D eigenvalue weighted by atomic mass is 10.0. The fraction of sp³-hybridized carbons (Fsp3) is 0.412. The topological polar surface area (TPSA) is 52.5 Å². The summed E-state index contributed by atoms with van der Waals surface area (Å²) in [5, 5.41) is 25.4. The molecular formula is C17H23NO2. The molecule has 0 aromatic heterocycles. The van der Waals surface area contributed by atoms with Crippen LogP contribution in [0, 0.1) is 5.92 Å². The van der Waals surface area contributed by atoms with E-state index in [2.05, 4.69) is 12.2 Å². The SMILES string of the molecule is CCC(C)C(O)CNCc1c(O)ccc2ccccc12. The number of nitrogens with one attached hydrogen (secondary N) is 1. The Morgan fingerprint density at radius 1 is 1.15 bits per heavy atom. The molecule has 2 unspecified atom stereocenters. The van der Waals surface area contributed by atoms with E-state index in [9.17, 15) is 10.2 Å². The molecule has 2 atom stereocenters. The summed E-state index contributed by atoms with van der Waals surface area (Å²) in [6.45, 7) is 5.21. The van der Waals surface area contributed by atoms with Gasteiger partial charge in [-0.2, -0.15) is 0 Å². The molecule has 2 aromatic carbocycles. The third-order valence-electron chi connectivity index (χ3n) is 3.97. The minimum Gasteiger partial charge on any atom is -0.508 e. The number of aliphatic hydroxyl groups is 1. The van der Waals surface area contributed by atoms with Crippen molar-refractivity contribution in [3.05, 3.63) is 42.0 Å². The quantitative estimate of drug-likeness (QED) is 0.758. The van der Waals surface area contributed by atoms with Gasteiger partial charge in [0.15, 0.2) is 0 Å². The molecule has 3 nitrogen and oxygen atoms in total. The van der Waals surface area contributed by atoms with Crippen LogP contribution in [0.15, 0.2) is 36.4 Å². The molecule has 2 rings (SSSR count). The van der Waals surface area contributed by atoms with Crippen LogP contribution in [0.3, 0.4) is 0 Å². The Labute approximate surface area is 120 Å². The first-order chi connectivity index (χ1) is 9.63. The second-order valence-corrected chi connectivity index (χ2v) is 5.37. The minimum atomic E-state index is -0.350. The van der Waals surface area contributed by atoms with Gasteiger partial charge in [-0.1, -0.05) is 50.6 Å². The lowest BCUT2D eigenvalue weighted by molar-refractivity contribution is 0.112. The minimum absolute atomic E-state index is 0.281. The molecule has 0 aliphatic carbocycles. The Kier molecular flexibility index (Phi) is 4.99. The van der Waals surface area contributed by atoms with Gasteiger partial charge in [-0.25, -0.2) is 0 Å². The zero-order valence-electron chi connectivity index (χ0n) is 12.1. The number of benzene rings is 2. The molecule has 0 spiro atoms. The van der Waals surface area contributed by atoms with Crippen molar-refractivity contribution in [2.45, 2.75) is 32.9 Å². The maximum absolute atomic E-state index is 10.0. The third-order valence-corrected chi connectivity index (χ3v) is 3.97. The van der Waals surface area contributed by atoms with E-state index in [1.165, 1.54) is 0 Å². The van der Waals surface area contributed by atoms with Crippen molar-refractivity contribution in [2.75, 3.05) is 6.54 Å². The van der Waals surface area contributed by atoms with Gasteiger partial charge >= 0.3 is 0 Å². The van der Waals surface area contributed by atoms with Gasteiger partial charge in [-0.15, -0.1) is 0 Å². The molecule has 0 radical (unpaired) electrons. The number of hydrogen-bond donors (Lipinski definition) is 3. The van der Waals surface area contributed by atoms with Crippen molar-refractivity contribution in [1.29, 1.82) is 0 Å². The van der Waals surface area contributed by atoms with Crippen LogP contribution in [-0.2, 0) is 6.54 Å². The first kappa shape index (κ1) is 14.8. The van der Waals surface area contributed by atoms with Crippen molar-refractivity contribution >= 4 is 10.8 Å². The molecule has 0 heterocycles. The lowest BCUT2D eigenvalue weighted by Gasteiger charge is -2.18. The highest BCUT2D eigenvalue weighted by atomic mass is 16.3. The average molecular weight is 273 g/mol. The lowest BCUT2D eigenvalue weighted by Crippen LogP contribution is -2.31. The van der Waals surface area contributed by atoms with Crippen molar-refractivity contribution in [3.63, 3.8) is 0 Å². The van der Waals surface area contributed by atoms with E-state index < -0.39 is 0 Å². The number of rotatable bonds is 6. The standard InChI is InChI=1S/C17H23NO2/c1-3-12(2)17(20)11-18-10-15-14-7-5-4-6-13(14)8-9-16(15)19/h4-9,12,17-20H,3,10-11H2,1-2H3. The van der Waals surface area contributed by atoms with Gasteiger partial charge < -0.3 is 15.5 Å². The van der Waals surface area contributed by atoms with E-state index in [1.54, 1.807) is 6.07 Å². The highest BCUT2D eigenvalue weighted by Gasteiger charge is 2.12. The molecule has 0 aliphatic heterocycles. The first-order valence-electron chi connectivity index (χ1n) is 7.21. The third kappa shape index (κ3) is 3.30. The Hall–Kier alpha value is -1.58. The normalized spacial score (nSPS) is 14.3. The molecule has 2 aromatic rings. The fourth-order valence-electron chi connectivity index (χ4n) is 2.33. The zero-order chi connectivity index (χ0) is 14.5. The van der Waals surface area contributed by atoms with E-state index in [1.807, 2.05) is 37.3 Å². The number of phenolic OH excluding ortho intramolecular Hbond substituents is 1. The van der Waals surface area contributed by atoms with Crippen molar-refractivity contribution < 1.29 is 10.2 Å². The van der Waals surface area contributed by atoms with Gasteiger partial charge in [0.05, 0.1) is 6.10 Å². The van der Waals surface area contributed by atoms with Gasteiger partial charge in [0.2, 0.25) is 0 Å². The second kappa shape index (κ2) is 6.73. The van der Waals surface area contributed by atoms with Gasteiger partial charge in [-0.3, -0.25) is 0 Å². The van der Waals surface area contributed by atoms with Crippen LogP contribution in [0.1, 0.15) is 25.8 Å². The predicted octanol–water partition coefficient (Wildman–Crippen LogP) is 3.04. The van der Waals surface area contributed by atoms with Crippen LogP contribution in [0.4, 0.5) is 0 Å². The summed E-state index contributed by atoms with van der Waals surface area (Å²) >= 11 is 0. The van der Waals surface area contributed by atoms with E-state index in [4.69, 9.17) is 0 Å². The van der Waals surface area contributed by atoms with Crippen LogP contribution in [0.25, 0.3) is 10.8 Å². The summed E-state index contributed by atoms with van der Waals surface area (Å²) in [5.41, 5.74) is 0.888. The number of fused-ring (bicyclic) bond motifs is 1. The highest BCUT2D eigenvalue weighted by Crippen LogP contribution is 2.26. The van der Waals surface area contributed by atoms with Gasteiger partial charge in [0.1, 0.15) is 5.75 Å². The highest BCUT2D eigenvalue weighted by molar-refractivity contribution is 5.87. The van der Waals surface area contributed by atoms with E-state index in [0.29, 0.717) is 18.8 Å². The first-order valence-corrected chi connectivity index (χ1v) is 7.21. The molecule has 20 heavy (non-hydrogen) atoms. The van der Waals surface area contributed by atoms with Crippen LogP contribution >= 0.6 is 0 Å². The van der Waals surface area contributed by atoms with Gasteiger partial charge in [0.25, 0.3) is 0 Å². The maximum Gasteiger partial charge on any atom is 0.120 e. The monoisotopic (exact) mass is 273 g/mol. The van der Waals surface area contributed by atoms with Crippen LogP contribution in [-0.4, -0.2) is 22.9 Å². The van der Waals surface area contributed by atoms with E-state index in [-0.39, 0.29) is 12.0 Å². The number of hydrogen-bond acceptors (Lipinski definition) is 3. The number of aromatic hydroxyl groups is 1. The smallest absolute Gasteiger partial charge is 0.120 e. The summed E-state index contributed by atoms with van der Waals surface area (Å²) in [5.74, 6) is 0.581. The largest absolute Gasteiger partial charge is 0.508 e. The molecule has 3 N–H and O–H groups in total. The van der Waals surface area contributed by atoms with E-state index in [0.717, 1.165) is 22.8 Å². The van der Waals surface area contributed by atoms with Crippen molar-refractivity contribution in [3.8, 4) is 5.75 Å². The molecule has 3 heteroatoms. The van der Waals surface area contributed by atoms with Crippen molar-refractivity contribution in [1.82, 2.24) is 5.32 Å². The predicted molar refractivity (Wildman–Crippen MR) is 82.8 cm³/mol. The summed E-state index contributed by atoms with van der Waals surface area (Å²) in [7, 11) is 0. The molecular weight excluding hydrogens is 250 g/mol. The zero-order valence-corrected chi connectivity index (χ0v) is 12.1. The molecule has 0 amide bonds. The summed E-state index contributed by atoms with van der Waals surface area (Å²) in [4.78, 5) is 0. The van der Waals surface area contributed by atoms with Crippen molar-refractivity contribution in [2.24, 2.45) is 5.92 Å². The molecule has 0 saturated heterocycles.